The fraction of sp³-hybridized carbons (Fsp3) is 0.0588. The van der Waals surface area contributed by atoms with E-state index in [1.807, 2.05) is 6.07 Å². The number of sulfonamides is 1. The van der Waals surface area contributed by atoms with Gasteiger partial charge in [-0.1, -0.05) is 17.3 Å². The average Bonchev–Trinajstić information content (AvgIpc) is 2.97. The summed E-state index contributed by atoms with van der Waals surface area (Å²) in [7, 11) is -4.41. The van der Waals surface area contributed by atoms with Crippen LogP contribution < -0.4 is 5.14 Å². The van der Waals surface area contributed by atoms with Crippen molar-refractivity contribution >= 4 is 10.0 Å². The van der Waals surface area contributed by atoms with Crippen LogP contribution in [0.5, 0.6) is 0 Å². The molecule has 0 radical (unpaired) electrons. The van der Waals surface area contributed by atoms with Crippen molar-refractivity contribution in [2.24, 2.45) is 5.14 Å². The van der Waals surface area contributed by atoms with Crippen LogP contribution in [0, 0.1) is 29.9 Å². The normalized spacial score (nSPS) is 11.3. The van der Waals surface area contributed by atoms with Gasteiger partial charge in [0.25, 0.3) is 0 Å². The van der Waals surface area contributed by atoms with Gasteiger partial charge in [0.05, 0.1) is 17.2 Å². The van der Waals surface area contributed by atoms with Crippen molar-refractivity contribution in [3.63, 3.8) is 0 Å². The third-order valence-corrected chi connectivity index (χ3v) is 4.65. The first-order chi connectivity index (χ1) is 12.2. The van der Waals surface area contributed by atoms with Gasteiger partial charge in [-0.15, -0.1) is 0 Å². The Morgan fingerprint density at radius 2 is 1.92 bits per heavy atom. The Hall–Kier alpha value is -3.09. The summed E-state index contributed by atoms with van der Waals surface area (Å²) in [5.41, 5.74) is 0.932. The topological polar surface area (TPSA) is 110 Å². The van der Waals surface area contributed by atoms with Crippen molar-refractivity contribution in [1.82, 2.24) is 5.16 Å². The molecule has 1 heterocycles. The highest BCUT2D eigenvalue weighted by Gasteiger charge is 2.24. The minimum absolute atomic E-state index is 0.150. The number of rotatable bonds is 3. The van der Waals surface area contributed by atoms with Gasteiger partial charge in [0, 0.05) is 11.1 Å². The molecule has 0 saturated heterocycles. The number of nitrogens with two attached hydrogens (primary N) is 1. The number of primary sulfonamides is 1. The number of hydrogen-bond acceptors (Lipinski definition) is 5. The molecular weight excluding hydrogens is 364 g/mol. The molecule has 0 amide bonds. The molecule has 0 aliphatic carbocycles. The Balaban J connectivity index is 2.25. The Morgan fingerprint density at radius 3 is 2.58 bits per heavy atom. The molecule has 26 heavy (non-hydrogen) atoms. The smallest absolute Gasteiger partial charge is 0.241 e. The molecule has 0 atom stereocenters. The van der Waals surface area contributed by atoms with E-state index >= 15 is 0 Å². The van der Waals surface area contributed by atoms with Crippen molar-refractivity contribution in [1.29, 1.82) is 5.26 Å². The number of benzene rings is 2. The second-order valence-electron chi connectivity index (χ2n) is 5.46. The van der Waals surface area contributed by atoms with Gasteiger partial charge in [-0.3, -0.25) is 0 Å². The van der Waals surface area contributed by atoms with E-state index in [0.717, 1.165) is 6.07 Å². The number of nitriles is 1. The molecule has 0 unspecified atom stereocenters. The number of aryl methyl sites for hydroxylation is 1. The minimum Gasteiger partial charge on any atom is -0.360 e. The number of hydrogen-bond donors (Lipinski definition) is 1. The van der Waals surface area contributed by atoms with Crippen LogP contribution in [0.4, 0.5) is 8.78 Å². The number of nitrogens with zero attached hydrogens (tertiary/aromatic N) is 2. The summed E-state index contributed by atoms with van der Waals surface area (Å²) in [6, 6.07) is 9.57. The lowest BCUT2D eigenvalue weighted by Gasteiger charge is -2.08. The molecule has 0 saturated carbocycles. The number of aromatic nitrogens is 1. The van der Waals surface area contributed by atoms with Gasteiger partial charge in [-0.2, -0.15) is 5.26 Å². The van der Waals surface area contributed by atoms with E-state index < -0.39 is 26.6 Å². The molecule has 0 bridgehead atoms. The van der Waals surface area contributed by atoms with Crippen LogP contribution in [0.15, 0.2) is 45.8 Å². The Labute approximate surface area is 147 Å². The van der Waals surface area contributed by atoms with Gasteiger partial charge < -0.3 is 4.52 Å². The SMILES string of the molecule is Cc1onc(-c2cccc(C#N)c2)c1-c1cc(F)c(S(N)(=O)=O)cc1F. The van der Waals surface area contributed by atoms with Crippen LogP contribution in [0.2, 0.25) is 0 Å². The summed E-state index contributed by atoms with van der Waals surface area (Å²) >= 11 is 0. The first kappa shape index (κ1) is 17.7. The minimum atomic E-state index is -4.41. The van der Waals surface area contributed by atoms with Gasteiger partial charge in [-0.05, 0) is 31.2 Å². The van der Waals surface area contributed by atoms with E-state index in [2.05, 4.69) is 5.16 Å². The first-order valence-electron chi connectivity index (χ1n) is 7.21. The molecule has 0 fully saturated rings. The van der Waals surface area contributed by atoms with Crippen LogP contribution >= 0.6 is 0 Å². The monoisotopic (exact) mass is 375 g/mol. The van der Waals surface area contributed by atoms with Crippen LogP contribution in [0.1, 0.15) is 11.3 Å². The maximum atomic E-state index is 14.5. The predicted octanol–water partition coefficient (Wildman–Crippen LogP) is 3.11. The zero-order valence-corrected chi connectivity index (χ0v) is 14.1. The lowest BCUT2D eigenvalue weighted by Crippen LogP contribution is -2.14. The molecule has 3 rings (SSSR count). The Kier molecular flexibility index (Phi) is 4.31. The molecule has 6 nitrogen and oxygen atoms in total. The molecule has 2 N–H and O–H groups in total. The molecule has 9 heteroatoms. The van der Waals surface area contributed by atoms with E-state index in [9.17, 15) is 17.2 Å². The summed E-state index contributed by atoms with van der Waals surface area (Å²) in [6.45, 7) is 1.50. The van der Waals surface area contributed by atoms with Crippen LogP contribution in [0.25, 0.3) is 22.4 Å². The largest absolute Gasteiger partial charge is 0.360 e. The highest BCUT2D eigenvalue weighted by molar-refractivity contribution is 7.89. The van der Waals surface area contributed by atoms with Crippen LogP contribution in [-0.4, -0.2) is 13.6 Å². The zero-order chi connectivity index (χ0) is 19.1. The van der Waals surface area contributed by atoms with Gasteiger partial charge in [0.15, 0.2) is 0 Å². The lowest BCUT2D eigenvalue weighted by atomic mass is 9.98. The third kappa shape index (κ3) is 3.08. The average molecular weight is 375 g/mol. The standard InChI is InChI=1S/C17H11F2N3O3S/c1-9-16(12-6-14(19)15(7-13(12)18)26(21,23)24)17(22-25-9)11-4-2-3-10(5-11)8-20/h2-7H,1H3,(H2,21,23,24). The highest BCUT2D eigenvalue weighted by Crippen LogP contribution is 2.37. The quantitative estimate of drug-likeness (QED) is 0.756. The van der Waals surface area contributed by atoms with Crippen molar-refractivity contribution in [3.8, 4) is 28.5 Å². The maximum Gasteiger partial charge on any atom is 0.241 e. The third-order valence-electron chi connectivity index (χ3n) is 3.73. The first-order valence-corrected chi connectivity index (χ1v) is 8.76. The molecule has 132 valence electrons. The molecule has 3 aromatic rings. The van der Waals surface area contributed by atoms with Crippen molar-refractivity contribution < 1.29 is 21.7 Å². The zero-order valence-electron chi connectivity index (χ0n) is 13.3. The maximum absolute atomic E-state index is 14.5. The van der Waals surface area contributed by atoms with Crippen LogP contribution in [0.3, 0.4) is 0 Å². The fourth-order valence-corrected chi connectivity index (χ4v) is 3.16. The second-order valence-corrected chi connectivity index (χ2v) is 6.99. The predicted molar refractivity (Wildman–Crippen MR) is 88.1 cm³/mol. The van der Waals surface area contributed by atoms with Crippen molar-refractivity contribution in [2.45, 2.75) is 11.8 Å². The van der Waals surface area contributed by atoms with E-state index in [0.29, 0.717) is 17.2 Å². The molecule has 0 aliphatic rings. The summed E-state index contributed by atoms with van der Waals surface area (Å²) in [6.07, 6.45) is 0. The summed E-state index contributed by atoms with van der Waals surface area (Å²) in [4.78, 5) is -0.944. The Bertz CT molecular complexity index is 1160. The molecule has 0 aliphatic heterocycles. The summed E-state index contributed by atoms with van der Waals surface area (Å²) < 4.78 is 56.5. The fourth-order valence-electron chi connectivity index (χ4n) is 2.56. The van der Waals surface area contributed by atoms with E-state index in [4.69, 9.17) is 14.9 Å². The second kappa shape index (κ2) is 6.33. The van der Waals surface area contributed by atoms with E-state index in [-0.39, 0.29) is 22.6 Å². The molecule has 2 aromatic carbocycles. The van der Waals surface area contributed by atoms with Crippen LogP contribution in [-0.2, 0) is 10.0 Å². The van der Waals surface area contributed by atoms with E-state index in [1.165, 1.54) is 13.0 Å². The van der Waals surface area contributed by atoms with E-state index in [1.54, 1.807) is 18.2 Å². The molecule has 0 spiro atoms. The molecular formula is C17H11F2N3O3S. The lowest BCUT2D eigenvalue weighted by molar-refractivity contribution is 0.400. The Morgan fingerprint density at radius 1 is 1.19 bits per heavy atom. The highest BCUT2D eigenvalue weighted by atomic mass is 32.2. The van der Waals surface area contributed by atoms with Gasteiger partial charge in [0.1, 0.15) is 28.0 Å². The number of halogens is 2. The molecule has 1 aromatic heterocycles. The van der Waals surface area contributed by atoms with Gasteiger partial charge in [0.2, 0.25) is 10.0 Å². The van der Waals surface area contributed by atoms with Gasteiger partial charge >= 0.3 is 0 Å². The van der Waals surface area contributed by atoms with Crippen molar-refractivity contribution in [2.75, 3.05) is 0 Å². The van der Waals surface area contributed by atoms with Crippen molar-refractivity contribution in [3.05, 3.63) is 59.4 Å². The summed E-state index contributed by atoms with van der Waals surface area (Å²) in [5.74, 6) is -2.00. The van der Waals surface area contributed by atoms with Gasteiger partial charge in [-0.25, -0.2) is 22.3 Å². The summed E-state index contributed by atoms with van der Waals surface area (Å²) in [5, 5.41) is 17.8.